The first-order chi connectivity index (χ1) is 10.4. The molecule has 0 radical (unpaired) electrons. The summed E-state index contributed by atoms with van der Waals surface area (Å²) in [7, 11) is 1.22. The van der Waals surface area contributed by atoms with Crippen molar-refractivity contribution in [2.75, 3.05) is 12.4 Å². The molecular weight excluding hydrogens is 330 g/mol. The van der Waals surface area contributed by atoms with Crippen LogP contribution >= 0.6 is 23.4 Å². The van der Waals surface area contributed by atoms with Gasteiger partial charge in [-0.2, -0.15) is 0 Å². The van der Waals surface area contributed by atoms with Gasteiger partial charge in [-0.05, 0) is 18.2 Å². The maximum Gasteiger partial charge on any atom is 0.340 e. The van der Waals surface area contributed by atoms with Gasteiger partial charge in [-0.1, -0.05) is 23.4 Å². The smallest absolute Gasteiger partial charge is 0.340 e. The van der Waals surface area contributed by atoms with Crippen molar-refractivity contribution in [2.24, 2.45) is 0 Å². The Hall–Kier alpha value is -2.06. The zero-order valence-electron chi connectivity index (χ0n) is 11.4. The second kappa shape index (κ2) is 6.80. The third kappa shape index (κ3) is 3.77. The SMILES string of the molecule is COC(=O)c1cc(Cl)ccc1NC(=O)CC1SC(=N)NC1=O. The van der Waals surface area contributed by atoms with Crippen LogP contribution in [-0.4, -0.2) is 35.3 Å². The molecule has 1 aromatic rings. The van der Waals surface area contributed by atoms with E-state index in [1.54, 1.807) is 0 Å². The Balaban J connectivity index is 2.10. The number of nitrogens with one attached hydrogen (secondary N) is 3. The minimum absolute atomic E-state index is 0.0181. The lowest BCUT2D eigenvalue weighted by Gasteiger charge is -2.11. The number of hydrogen-bond donors (Lipinski definition) is 3. The molecule has 22 heavy (non-hydrogen) atoms. The Morgan fingerprint density at radius 3 is 2.82 bits per heavy atom. The van der Waals surface area contributed by atoms with Crippen molar-refractivity contribution in [3.05, 3.63) is 28.8 Å². The largest absolute Gasteiger partial charge is 0.465 e. The number of carbonyl (C=O) groups excluding carboxylic acids is 3. The summed E-state index contributed by atoms with van der Waals surface area (Å²) >= 11 is 6.81. The maximum absolute atomic E-state index is 12.0. The van der Waals surface area contributed by atoms with Crippen LogP contribution in [-0.2, 0) is 14.3 Å². The van der Waals surface area contributed by atoms with Crippen LogP contribution in [0.25, 0.3) is 0 Å². The Bertz CT molecular complexity index is 665. The van der Waals surface area contributed by atoms with Gasteiger partial charge in [-0.15, -0.1) is 0 Å². The molecule has 2 amide bonds. The van der Waals surface area contributed by atoms with E-state index < -0.39 is 17.1 Å². The molecule has 1 atom stereocenters. The average molecular weight is 342 g/mol. The Morgan fingerprint density at radius 1 is 1.50 bits per heavy atom. The van der Waals surface area contributed by atoms with Crippen molar-refractivity contribution in [3.8, 4) is 0 Å². The fourth-order valence-corrected chi connectivity index (χ4v) is 2.84. The zero-order chi connectivity index (χ0) is 16.3. The molecule has 2 rings (SSSR count). The molecule has 0 aliphatic carbocycles. The third-order valence-electron chi connectivity index (χ3n) is 2.82. The standard InChI is InChI=1S/C13H12ClN3O4S/c1-21-12(20)7-4-6(14)2-3-8(7)16-10(18)5-9-11(19)17-13(15)22-9/h2-4,9H,5H2,1H3,(H,16,18)(H2,15,17,19). The molecule has 1 aliphatic heterocycles. The van der Waals surface area contributed by atoms with E-state index in [9.17, 15) is 14.4 Å². The van der Waals surface area contributed by atoms with Crippen LogP contribution in [0.5, 0.6) is 0 Å². The van der Waals surface area contributed by atoms with E-state index in [0.29, 0.717) is 5.02 Å². The highest BCUT2D eigenvalue weighted by atomic mass is 35.5. The van der Waals surface area contributed by atoms with Gasteiger partial charge < -0.3 is 15.4 Å². The Kier molecular flexibility index (Phi) is 5.04. The molecule has 7 nitrogen and oxygen atoms in total. The average Bonchev–Trinajstić information content (AvgIpc) is 2.77. The van der Waals surface area contributed by atoms with Crippen LogP contribution in [0, 0.1) is 5.41 Å². The molecule has 0 spiro atoms. The molecule has 1 heterocycles. The summed E-state index contributed by atoms with van der Waals surface area (Å²) < 4.78 is 4.63. The van der Waals surface area contributed by atoms with Crippen LogP contribution < -0.4 is 10.6 Å². The molecule has 1 saturated heterocycles. The molecule has 0 bridgehead atoms. The van der Waals surface area contributed by atoms with E-state index in [2.05, 4.69) is 15.4 Å². The van der Waals surface area contributed by atoms with Crippen molar-refractivity contribution in [3.63, 3.8) is 0 Å². The first-order valence-corrected chi connectivity index (χ1v) is 7.40. The second-order valence-electron chi connectivity index (χ2n) is 4.36. The van der Waals surface area contributed by atoms with Gasteiger partial charge in [0.15, 0.2) is 5.17 Å². The zero-order valence-corrected chi connectivity index (χ0v) is 13.0. The molecule has 0 aromatic heterocycles. The van der Waals surface area contributed by atoms with Crippen LogP contribution in [0.1, 0.15) is 16.8 Å². The molecular formula is C13H12ClN3O4S. The number of methoxy groups -OCH3 is 1. The predicted molar refractivity (Wildman–Crippen MR) is 83.3 cm³/mol. The lowest BCUT2D eigenvalue weighted by molar-refractivity contribution is -0.122. The topological polar surface area (TPSA) is 108 Å². The number of ether oxygens (including phenoxy) is 1. The van der Waals surface area contributed by atoms with Gasteiger partial charge in [-0.25, -0.2) is 4.79 Å². The molecule has 0 saturated carbocycles. The van der Waals surface area contributed by atoms with Crippen LogP contribution in [0.4, 0.5) is 5.69 Å². The quantitative estimate of drug-likeness (QED) is 0.721. The first-order valence-electron chi connectivity index (χ1n) is 6.14. The number of esters is 1. The van der Waals surface area contributed by atoms with Crippen LogP contribution in [0.2, 0.25) is 5.02 Å². The summed E-state index contributed by atoms with van der Waals surface area (Å²) in [5, 5.41) is 11.9. The molecule has 3 N–H and O–H groups in total. The van der Waals surface area contributed by atoms with Crippen LogP contribution in [0.3, 0.4) is 0 Å². The fraction of sp³-hybridized carbons (Fsp3) is 0.231. The van der Waals surface area contributed by atoms with Gasteiger partial charge >= 0.3 is 5.97 Å². The summed E-state index contributed by atoms with van der Waals surface area (Å²) in [5.41, 5.74) is 0.374. The summed E-state index contributed by atoms with van der Waals surface area (Å²) in [4.78, 5) is 35.2. The molecule has 1 fully saturated rings. The number of amides is 2. The van der Waals surface area contributed by atoms with E-state index in [4.69, 9.17) is 17.0 Å². The van der Waals surface area contributed by atoms with Crippen LogP contribution in [0.15, 0.2) is 18.2 Å². The third-order valence-corrected chi connectivity index (χ3v) is 4.06. The number of benzene rings is 1. The molecule has 9 heteroatoms. The number of hydrogen-bond acceptors (Lipinski definition) is 6. The monoisotopic (exact) mass is 341 g/mol. The predicted octanol–water partition coefficient (Wildman–Crippen LogP) is 1.62. The van der Waals surface area contributed by atoms with Gasteiger partial charge in [0.2, 0.25) is 11.8 Å². The Morgan fingerprint density at radius 2 is 2.23 bits per heavy atom. The minimum Gasteiger partial charge on any atom is -0.465 e. The number of halogens is 1. The molecule has 1 unspecified atom stereocenters. The molecule has 1 aliphatic rings. The number of anilines is 1. The second-order valence-corrected chi connectivity index (χ2v) is 6.01. The van der Waals surface area contributed by atoms with Crippen molar-refractivity contribution >= 4 is 52.0 Å². The van der Waals surface area contributed by atoms with E-state index in [1.807, 2.05) is 0 Å². The summed E-state index contributed by atoms with van der Waals surface area (Å²) in [6.45, 7) is 0. The van der Waals surface area contributed by atoms with E-state index in [0.717, 1.165) is 11.8 Å². The highest BCUT2D eigenvalue weighted by Gasteiger charge is 2.31. The lowest BCUT2D eigenvalue weighted by atomic mass is 10.1. The van der Waals surface area contributed by atoms with Gasteiger partial charge in [0.05, 0.1) is 18.4 Å². The summed E-state index contributed by atoms with van der Waals surface area (Å²) in [6, 6.07) is 4.39. The molecule has 116 valence electrons. The van der Waals surface area contributed by atoms with Gasteiger partial charge in [0.1, 0.15) is 5.25 Å². The van der Waals surface area contributed by atoms with Gasteiger partial charge in [0.25, 0.3) is 0 Å². The highest BCUT2D eigenvalue weighted by Crippen LogP contribution is 2.24. The van der Waals surface area contributed by atoms with E-state index in [-0.39, 0.29) is 28.7 Å². The van der Waals surface area contributed by atoms with Gasteiger partial charge in [-0.3, -0.25) is 15.0 Å². The fourth-order valence-electron chi connectivity index (χ4n) is 1.83. The number of amidine groups is 1. The number of carbonyl (C=O) groups is 3. The van der Waals surface area contributed by atoms with Crippen molar-refractivity contribution in [1.29, 1.82) is 5.41 Å². The van der Waals surface area contributed by atoms with Crippen molar-refractivity contribution < 1.29 is 19.1 Å². The lowest BCUT2D eigenvalue weighted by Crippen LogP contribution is -2.28. The van der Waals surface area contributed by atoms with E-state index in [1.165, 1.54) is 25.3 Å². The summed E-state index contributed by atoms with van der Waals surface area (Å²) in [5.74, 6) is -1.46. The van der Waals surface area contributed by atoms with Crippen molar-refractivity contribution in [2.45, 2.75) is 11.7 Å². The maximum atomic E-state index is 12.0. The first kappa shape index (κ1) is 16.3. The minimum atomic E-state index is -0.652. The number of rotatable bonds is 4. The van der Waals surface area contributed by atoms with Gasteiger partial charge in [0, 0.05) is 11.4 Å². The van der Waals surface area contributed by atoms with Crippen molar-refractivity contribution in [1.82, 2.24) is 5.32 Å². The molecule has 1 aromatic carbocycles. The van der Waals surface area contributed by atoms with E-state index >= 15 is 0 Å². The number of thioether (sulfide) groups is 1. The normalized spacial score (nSPS) is 17.1. The summed E-state index contributed by atoms with van der Waals surface area (Å²) in [6.07, 6.45) is -0.109. The Labute approximate surface area is 135 Å². The highest BCUT2D eigenvalue weighted by molar-refractivity contribution is 8.15.